The summed E-state index contributed by atoms with van der Waals surface area (Å²) in [5.74, 6) is 2.37. The Hall–Kier alpha value is -1.62. The molecule has 0 aliphatic heterocycles. The summed E-state index contributed by atoms with van der Waals surface area (Å²) in [4.78, 5) is 8.94. The number of nitrogens with one attached hydrogen (secondary N) is 1. The molecule has 0 saturated heterocycles. The lowest BCUT2D eigenvalue weighted by molar-refractivity contribution is 0.795. The van der Waals surface area contributed by atoms with Crippen molar-refractivity contribution >= 4 is 17.4 Å². The normalized spacial score (nSPS) is 10.7. The second-order valence-corrected chi connectivity index (χ2v) is 4.45. The summed E-state index contributed by atoms with van der Waals surface area (Å²) in [6.07, 6.45) is 2.54. The molecule has 2 heterocycles. The van der Waals surface area contributed by atoms with E-state index in [4.69, 9.17) is 11.6 Å². The van der Waals surface area contributed by atoms with Crippen LogP contribution >= 0.6 is 11.6 Å². The van der Waals surface area contributed by atoms with Crippen molar-refractivity contribution in [1.82, 2.24) is 19.7 Å². The van der Waals surface area contributed by atoms with Gasteiger partial charge < -0.3 is 5.32 Å². The van der Waals surface area contributed by atoms with Gasteiger partial charge in [-0.05, 0) is 13.8 Å². The first kappa shape index (κ1) is 12.8. The molecule has 2 aromatic rings. The van der Waals surface area contributed by atoms with E-state index in [-0.39, 0.29) is 0 Å². The third-order valence-electron chi connectivity index (χ3n) is 2.78. The third kappa shape index (κ3) is 2.18. The van der Waals surface area contributed by atoms with Gasteiger partial charge in [0.05, 0.1) is 16.9 Å². The molecule has 5 nitrogen and oxygen atoms in total. The molecule has 6 heteroatoms. The highest BCUT2D eigenvalue weighted by atomic mass is 35.5. The molecule has 0 amide bonds. The van der Waals surface area contributed by atoms with Crippen molar-refractivity contribution in [1.29, 1.82) is 0 Å². The van der Waals surface area contributed by atoms with Crippen LogP contribution in [-0.2, 0) is 6.42 Å². The van der Waals surface area contributed by atoms with E-state index in [1.165, 1.54) is 0 Å². The van der Waals surface area contributed by atoms with Gasteiger partial charge in [-0.1, -0.05) is 18.5 Å². The fraction of sp³-hybridized carbons (Fsp3) is 0.417. The van der Waals surface area contributed by atoms with E-state index < -0.39 is 0 Å². The summed E-state index contributed by atoms with van der Waals surface area (Å²) >= 11 is 6.04. The van der Waals surface area contributed by atoms with E-state index >= 15 is 0 Å². The molecular formula is C12H16ClN5. The molecule has 0 aliphatic carbocycles. The fourth-order valence-electron chi connectivity index (χ4n) is 1.72. The molecule has 0 spiro atoms. The first-order chi connectivity index (χ1) is 8.56. The zero-order valence-corrected chi connectivity index (χ0v) is 11.7. The van der Waals surface area contributed by atoms with Crippen molar-refractivity contribution < 1.29 is 0 Å². The maximum atomic E-state index is 6.04. The van der Waals surface area contributed by atoms with E-state index in [1.807, 2.05) is 27.8 Å². The van der Waals surface area contributed by atoms with Gasteiger partial charge in [0.1, 0.15) is 11.6 Å². The van der Waals surface area contributed by atoms with Crippen LogP contribution < -0.4 is 5.32 Å². The number of aryl methyl sites for hydroxylation is 2. The molecule has 0 bridgehead atoms. The van der Waals surface area contributed by atoms with Crippen LogP contribution in [0.25, 0.3) is 5.82 Å². The van der Waals surface area contributed by atoms with Crippen LogP contribution in [0.4, 0.5) is 5.82 Å². The van der Waals surface area contributed by atoms with Gasteiger partial charge in [0, 0.05) is 19.0 Å². The van der Waals surface area contributed by atoms with Gasteiger partial charge >= 0.3 is 0 Å². The predicted molar refractivity (Wildman–Crippen MR) is 72.6 cm³/mol. The third-order valence-corrected chi connectivity index (χ3v) is 3.15. The molecule has 0 saturated carbocycles. The maximum Gasteiger partial charge on any atom is 0.162 e. The molecule has 96 valence electrons. The maximum absolute atomic E-state index is 6.04. The first-order valence-corrected chi connectivity index (χ1v) is 6.22. The molecule has 0 radical (unpaired) electrons. The standard InChI is InChI=1S/C12H16ClN5/c1-5-10-15-11(14-4)7(2)12(16-10)18-6-9(13)8(3)17-18/h6H,5H2,1-4H3,(H,14,15,16). The largest absolute Gasteiger partial charge is 0.373 e. The number of hydrogen-bond acceptors (Lipinski definition) is 4. The average Bonchev–Trinajstić information content (AvgIpc) is 2.69. The highest BCUT2D eigenvalue weighted by Gasteiger charge is 2.13. The van der Waals surface area contributed by atoms with Gasteiger partial charge in [-0.25, -0.2) is 14.6 Å². The first-order valence-electron chi connectivity index (χ1n) is 5.84. The van der Waals surface area contributed by atoms with Crippen molar-refractivity contribution in [2.24, 2.45) is 0 Å². The molecule has 0 unspecified atom stereocenters. The number of anilines is 1. The smallest absolute Gasteiger partial charge is 0.162 e. The van der Waals surface area contributed by atoms with Gasteiger partial charge in [-0.2, -0.15) is 5.10 Å². The van der Waals surface area contributed by atoms with E-state index in [2.05, 4.69) is 20.4 Å². The molecule has 0 fully saturated rings. The van der Waals surface area contributed by atoms with Crippen LogP contribution in [0.2, 0.25) is 5.02 Å². The minimum Gasteiger partial charge on any atom is -0.373 e. The lowest BCUT2D eigenvalue weighted by Crippen LogP contribution is -2.09. The average molecular weight is 266 g/mol. The Balaban J connectivity index is 2.62. The monoisotopic (exact) mass is 265 g/mol. The quantitative estimate of drug-likeness (QED) is 0.927. The number of nitrogens with zero attached hydrogens (tertiary/aromatic N) is 4. The van der Waals surface area contributed by atoms with Crippen molar-refractivity contribution in [3.63, 3.8) is 0 Å². The van der Waals surface area contributed by atoms with Gasteiger partial charge in [0.15, 0.2) is 5.82 Å². The van der Waals surface area contributed by atoms with Crippen molar-refractivity contribution in [2.75, 3.05) is 12.4 Å². The van der Waals surface area contributed by atoms with Crippen molar-refractivity contribution in [3.05, 3.63) is 28.3 Å². The Labute approximate surface area is 111 Å². The number of aromatic nitrogens is 4. The van der Waals surface area contributed by atoms with Gasteiger partial charge in [0.2, 0.25) is 0 Å². The van der Waals surface area contributed by atoms with Crippen LogP contribution in [0.1, 0.15) is 24.0 Å². The van der Waals surface area contributed by atoms with Gasteiger partial charge in [-0.15, -0.1) is 0 Å². The Morgan fingerprint density at radius 3 is 2.56 bits per heavy atom. The lowest BCUT2D eigenvalue weighted by atomic mass is 10.3. The summed E-state index contributed by atoms with van der Waals surface area (Å²) in [5.41, 5.74) is 1.74. The molecule has 0 aliphatic rings. The summed E-state index contributed by atoms with van der Waals surface area (Å²) in [6.45, 7) is 5.86. The van der Waals surface area contributed by atoms with Crippen molar-refractivity contribution in [2.45, 2.75) is 27.2 Å². The topological polar surface area (TPSA) is 55.6 Å². The van der Waals surface area contributed by atoms with E-state index in [0.717, 1.165) is 35.1 Å². The van der Waals surface area contributed by atoms with Gasteiger partial charge in [-0.3, -0.25) is 0 Å². The van der Waals surface area contributed by atoms with Crippen LogP contribution in [0.5, 0.6) is 0 Å². The molecule has 0 atom stereocenters. The van der Waals surface area contributed by atoms with E-state index in [0.29, 0.717) is 5.02 Å². The fourth-order valence-corrected chi connectivity index (χ4v) is 1.85. The minimum atomic E-state index is 0.636. The van der Waals surface area contributed by atoms with E-state index in [9.17, 15) is 0 Å². The molecular weight excluding hydrogens is 250 g/mol. The summed E-state index contributed by atoms with van der Waals surface area (Å²) in [6, 6.07) is 0. The second-order valence-electron chi connectivity index (χ2n) is 4.05. The Morgan fingerprint density at radius 1 is 1.33 bits per heavy atom. The summed E-state index contributed by atoms with van der Waals surface area (Å²) < 4.78 is 1.70. The van der Waals surface area contributed by atoms with Crippen LogP contribution in [0.15, 0.2) is 6.20 Å². The van der Waals surface area contributed by atoms with Gasteiger partial charge in [0.25, 0.3) is 0 Å². The SMILES string of the molecule is CCc1nc(NC)c(C)c(-n2cc(Cl)c(C)n2)n1. The van der Waals surface area contributed by atoms with Crippen LogP contribution in [0, 0.1) is 13.8 Å². The molecule has 1 N–H and O–H groups in total. The highest BCUT2D eigenvalue weighted by Crippen LogP contribution is 2.21. The van der Waals surface area contributed by atoms with Crippen LogP contribution in [-0.4, -0.2) is 26.8 Å². The molecule has 18 heavy (non-hydrogen) atoms. The molecule has 0 aromatic carbocycles. The molecule has 2 aromatic heterocycles. The minimum absolute atomic E-state index is 0.636. The Morgan fingerprint density at radius 2 is 2.06 bits per heavy atom. The zero-order valence-electron chi connectivity index (χ0n) is 11.0. The second kappa shape index (κ2) is 4.94. The number of hydrogen-bond donors (Lipinski definition) is 1. The zero-order chi connectivity index (χ0) is 13.3. The number of halogens is 1. The lowest BCUT2D eigenvalue weighted by Gasteiger charge is -2.11. The highest BCUT2D eigenvalue weighted by molar-refractivity contribution is 6.31. The van der Waals surface area contributed by atoms with Crippen LogP contribution in [0.3, 0.4) is 0 Å². The summed E-state index contributed by atoms with van der Waals surface area (Å²) in [7, 11) is 1.85. The Bertz CT molecular complexity index is 557. The number of rotatable bonds is 3. The van der Waals surface area contributed by atoms with E-state index in [1.54, 1.807) is 10.9 Å². The summed E-state index contributed by atoms with van der Waals surface area (Å²) in [5, 5.41) is 8.07. The van der Waals surface area contributed by atoms with Crippen molar-refractivity contribution in [3.8, 4) is 5.82 Å². The predicted octanol–water partition coefficient (Wildman–Crippen LogP) is 2.54. The molecule has 2 rings (SSSR count). The Kier molecular flexibility index (Phi) is 3.52.